The molecule has 0 saturated carbocycles. The fourth-order valence-corrected chi connectivity index (χ4v) is 3.72. The van der Waals surface area contributed by atoms with Gasteiger partial charge in [-0.15, -0.1) is 0 Å². The minimum atomic E-state index is -3.57. The highest BCUT2D eigenvalue weighted by atomic mass is 32.2. The lowest BCUT2D eigenvalue weighted by Crippen LogP contribution is -2.51. The average molecular weight is 427 g/mol. The number of anilines is 2. The van der Waals surface area contributed by atoms with Gasteiger partial charge in [0.1, 0.15) is 0 Å². The van der Waals surface area contributed by atoms with Gasteiger partial charge in [-0.2, -0.15) is 0 Å². The molecule has 0 aliphatic carbocycles. The molecule has 1 fully saturated rings. The monoisotopic (exact) mass is 426 g/mol. The number of carboxylic acids is 1. The number of carbonyl (C=O) groups excluding carboxylic acids is 1. The normalized spacial score (nSPS) is 15.8. The third kappa shape index (κ3) is 6.90. The maximum absolute atomic E-state index is 12.1. The van der Waals surface area contributed by atoms with Gasteiger partial charge in [0, 0.05) is 37.4 Å². The number of sulfonamides is 1. The number of hydrogen-bond donors (Lipinski definition) is 3. The Morgan fingerprint density at radius 2 is 1.76 bits per heavy atom. The molecule has 1 heterocycles. The van der Waals surface area contributed by atoms with Gasteiger partial charge in [0.2, 0.25) is 15.9 Å². The van der Waals surface area contributed by atoms with Gasteiger partial charge in [-0.05, 0) is 45.9 Å². The predicted molar refractivity (Wildman–Crippen MR) is 113 cm³/mol. The van der Waals surface area contributed by atoms with Crippen LogP contribution in [0.4, 0.5) is 11.4 Å². The standard InChI is InChI=1S/C19H30N4O5S/c1-5-29(27,28)21-16-7-6-14(12-15(16)18(25)26)23-10-8-22(9-11-23)13-17(24)20-19(2,3)4/h6-7,12,21H,5,8-11,13H2,1-4H3,(H,20,24)(H,25,26). The van der Waals surface area contributed by atoms with Crippen molar-refractivity contribution in [3.05, 3.63) is 23.8 Å². The van der Waals surface area contributed by atoms with Crippen molar-refractivity contribution in [2.75, 3.05) is 48.1 Å². The Morgan fingerprint density at radius 1 is 1.14 bits per heavy atom. The van der Waals surface area contributed by atoms with Crippen LogP contribution in [0.25, 0.3) is 0 Å². The first-order valence-electron chi connectivity index (χ1n) is 9.56. The first-order valence-corrected chi connectivity index (χ1v) is 11.2. The molecule has 10 heteroatoms. The molecule has 0 aromatic heterocycles. The molecule has 9 nitrogen and oxygen atoms in total. The molecule has 0 spiro atoms. The van der Waals surface area contributed by atoms with Crippen LogP contribution in [-0.4, -0.2) is 74.3 Å². The molecule has 3 N–H and O–H groups in total. The van der Waals surface area contributed by atoms with E-state index in [-0.39, 0.29) is 28.4 Å². The molecule has 1 aliphatic heterocycles. The third-order valence-electron chi connectivity index (χ3n) is 4.50. The first kappa shape index (κ1) is 23.0. The number of aromatic carboxylic acids is 1. The number of benzene rings is 1. The van der Waals surface area contributed by atoms with E-state index in [1.165, 1.54) is 19.1 Å². The summed E-state index contributed by atoms with van der Waals surface area (Å²) in [4.78, 5) is 27.8. The van der Waals surface area contributed by atoms with E-state index in [1.54, 1.807) is 6.07 Å². The number of carboxylic acid groups (broad SMARTS) is 1. The van der Waals surface area contributed by atoms with Gasteiger partial charge in [0.05, 0.1) is 23.5 Å². The van der Waals surface area contributed by atoms with Crippen molar-refractivity contribution < 1.29 is 23.1 Å². The van der Waals surface area contributed by atoms with Gasteiger partial charge in [-0.3, -0.25) is 14.4 Å². The van der Waals surface area contributed by atoms with Gasteiger partial charge < -0.3 is 15.3 Å². The molecule has 0 bridgehead atoms. The molecule has 1 aromatic carbocycles. The highest BCUT2D eigenvalue weighted by Crippen LogP contribution is 2.25. The summed E-state index contributed by atoms with van der Waals surface area (Å²) >= 11 is 0. The highest BCUT2D eigenvalue weighted by Gasteiger charge is 2.23. The molecule has 0 atom stereocenters. The minimum Gasteiger partial charge on any atom is -0.478 e. The first-order chi connectivity index (χ1) is 13.4. The number of carbonyl (C=O) groups is 2. The lowest BCUT2D eigenvalue weighted by atomic mass is 10.1. The molecule has 162 valence electrons. The summed E-state index contributed by atoms with van der Waals surface area (Å²) < 4.78 is 25.9. The second kappa shape index (κ2) is 9.00. The molecule has 29 heavy (non-hydrogen) atoms. The summed E-state index contributed by atoms with van der Waals surface area (Å²) in [5.74, 6) is -1.36. The topological polar surface area (TPSA) is 119 Å². The maximum atomic E-state index is 12.1. The van der Waals surface area contributed by atoms with Gasteiger partial charge in [-0.25, -0.2) is 13.2 Å². The second-order valence-electron chi connectivity index (χ2n) is 8.10. The summed E-state index contributed by atoms with van der Waals surface area (Å²) in [5.41, 5.74) is 0.403. The Labute approximate surface area is 172 Å². The van der Waals surface area contributed by atoms with Crippen molar-refractivity contribution in [2.24, 2.45) is 0 Å². The van der Waals surface area contributed by atoms with Gasteiger partial charge in [-0.1, -0.05) is 0 Å². The van der Waals surface area contributed by atoms with E-state index in [4.69, 9.17) is 0 Å². The average Bonchev–Trinajstić information content (AvgIpc) is 2.60. The SMILES string of the molecule is CCS(=O)(=O)Nc1ccc(N2CCN(CC(=O)NC(C)(C)C)CC2)cc1C(=O)O. The zero-order valence-electron chi connectivity index (χ0n) is 17.4. The minimum absolute atomic E-state index is 0.0216. The van der Waals surface area contributed by atoms with E-state index in [9.17, 15) is 23.1 Å². The Bertz CT molecular complexity index is 856. The molecule has 1 saturated heterocycles. The van der Waals surface area contributed by atoms with Gasteiger partial charge >= 0.3 is 5.97 Å². The van der Waals surface area contributed by atoms with Crippen LogP contribution in [0.1, 0.15) is 38.1 Å². The van der Waals surface area contributed by atoms with E-state index in [0.717, 1.165) is 0 Å². The molecular formula is C19H30N4O5S. The van der Waals surface area contributed by atoms with Crippen LogP contribution in [0.2, 0.25) is 0 Å². The van der Waals surface area contributed by atoms with Crippen molar-refractivity contribution in [1.29, 1.82) is 0 Å². The van der Waals surface area contributed by atoms with Gasteiger partial charge in [0.25, 0.3) is 0 Å². The fraction of sp³-hybridized carbons (Fsp3) is 0.579. The van der Waals surface area contributed by atoms with E-state index < -0.39 is 16.0 Å². The van der Waals surface area contributed by atoms with Crippen LogP contribution in [0, 0.1) is 0 Å². The molecule has 0 unspecified atom stereocenters. The maximum Gasteiger partial charge on any atom is 0.337 e. The third-order valence-corrected chi connectivity index (χ3v) is 5.79. The number of nitrogens with one attached hydrogen (secondary N) is 2. The van der Waals surface area contributed by atoms with Crippen molar-refractivity contribution in [3.63, 3.8) is 0 Å². The highest BCUT2D eigenvalue weighted by molar-refractivity contribution is 7.92. The summed E-state index contributed by atoms with van der Waals surface area (Å²) in [7, 11) is -3.57. The number of amides is 1. The predicted octanol–water partition coefficient (Wildman–Crippen LogP) is 1.18. The van der Waals surface area contributed by atoms with E-state index >= 15 is 0 Å². The number of rotatable bonds is 7. The molecule has 1 aliphatic rings. The van der Waals surface area contributed by atoms with Crippen LogP contribution in [0.5, 0.6) is 0 Å². The summed E-state index contributed by atoms with van der Waals surface area (Å²) in [5, 5.41) is 12.4. The summed E-state index contributed by atoms with van der Waals surface area (Å²) in [6.45, 7) is 10.2. The number of piperazine rings is 1. The smallest absolute Gasteiger partial charge is 0.337 e. The van der Waals surface area contributed by atoms with Crippen molar-refractivity contribution >= 4 is 33.3 Å². The zero-order valence-corrected chi connectivity index (χ0v) is 18.2. The summed E-state index contributed by atoms with van der Waals surface area (Å²) in [6.07, 6.45) is 0. The van der Waals surface area contributed by atoms with E-state index in [2.05, 4.69) is 14.9 Å². The molecule has 0 radical (unpaired) electrons. The largest absolute Gasteiger partial charge is 0.478 e. The Hall–Kier alpha value is -2.33. The zero-order chi connectivity index (χ0) is 21.8. The van der Waals surface area contributed by atoms with Crippen LogP contribution in [-0.2, 0) is 14.8 Å². The van der Waals surface area contributed by atoms with Crippen LogP contribution < -0.4 is 14.9 Å². The fourth-order valence-electron chi connectivity index (χ4n) is 3.06. The van der Waals surface area contributed by atoms with Crippen molar-refractivity contribution in [1.82, 2.24) is 10.2 Å². The van der Waals surface area contributed by atoms with Crippen molar-refractivity contribution in [3.8, 4) is 0 Å². The molecular weight excluding hydrogens is 396 g/mol. The van der Waals surface area contributed by atoms with Gasteiger partial charge in [0.15, 0.2) is 0 Å². The summed E-state index contributed by atoms with van der Waals surface area (Å²) in [6, 6.07) is 4.68. The Morgan fingerprint density at radius 3 is 2.28 bits per heavy atom. The Balaban J connectivity index is 2.04. The van der Waals surface area contributed by atoms with E-state index in [0.29, 0.717) is 38.4 Å². The van der Waals surface area contributed by atoms with Crippen LogP contribution in [0.3, 0.4) is 0 Å². The quantitative estimate of drug-likeness (QED) is 0.599. The van der Waals surface area contributed by atoms with Crippen LogP contribution >= 0.6 is 0 Å². The van der Waals surface area contributed by atoms with E-state index in [1.807, 2.05) is 25.7 Å². The van der Waals surface area contributed by atoms with Crippen molar-refractivity contribution in [2.45, 2.75) is 33.2 Å². The molecule has 1 amide bonds. The number of nitrogens with zero attached hydrogens (tertiary/aromatic N) is 2. The molecule has 2 rings (SSSR count). The number of hydrogen-bond acceptors (Lipinski definition) is 6. The Kier molecular flexibility index (Phi) is 7.12. The van der Waals surface area contributed by atoms with Crippen LogP contribution in [0.15, 0.2) is 18.2 Å². The lowest BCUT2D eigenvalue weighted by Gasteiger charge is -2.36. The molecule has 1 aromatic rings. The lowest BCUT2D eigenvalue weighted by molar-refractivity contribution is -0.123. The second-order valence-corrected chi connectivity index (χ2v) is 10.1.